The Labute approximate surface area is 113 Å². The molecule has 0 spiro atoms. The largest absolute Gasteiger partial charge is 0.252 e. The fraction of sp³-hybridized carbons (Fsp3) is 0.692. The van der Waals surface area contributed by atoms with E-state index < -0.39 is 10.0 Å². The van der Waals surface area contributed by atoms with E-state index in [1.165, 1.54) is 30.6 Å². The van der Waals surface area contributed by atoms with Crippen LogP contribution in [0.25, 0.3) is 0 Å². The monoisotopic (exact) mass is 285 g/mol. The minimum Gasteiger partial charge on any atom is -0.206 e. The highest BCUT2D eigenvalue weighted by Crippen LogP contribution is 2.40. The molecule has 0 aromatic carbocycles. The van der Waals surface area contributed by atoms with E-state index in [9.17, 15) is 8.42 Å². The topological polar surface area (TPSA) is 37.4 Å². The SMILES string of the molecule is Cc1ccc(S(=O)(=O)N2CCCC2C2CCC2)s1. The molecule has 1 atom stereocenters. The molecule has 1 unspecified atom stereocenters. The lowest BCUT2D eigenvalue weighted by molar-refractivity contribution is 0.192. The Hall–Kier alpha value is -0.390. The van der Waals surface area contributed by atoms with Crippen LogP contribution >= 0.6 is 11.3 Å². The van der Waals surface area contributed by atoms with Crippen molar-refractivity contribution in [3.05, 3.63) is 17.0 Å². The van der Waals surface area contributed by atoms with Crippen LogP contribution in [0.2, 0.25) is 0 Å². The molecule has 1 aromatic rings. The van der Waals surface area contributed by atoms with Gasteiger partial charge in [0.05, 0.1) is 0 Å². The van der Waals surface area contributed by atoms with Crippen LogP contribution in [0.5, 0.6) is 0 Å². The first kappa shape index (κ1) is 12.6. The Kier molecular flexibility index (Phi) is 3.24. The fourth-order valence-electron chi connectivity index (χ4n) is 3.03. The minimum absolute atomic E-state index is 0.270. The van der Waals surface area contributed by atoms with Crippen molar-refractivity contribution in [2.45, 2.75) is 49.3 Å². The van der Waals surface area contributed by atoms with Crippen LogP contribution in [0.3, 0.4) is 0 Å². The van der Waals surface area contributed by atoms with Gasteiger partial charge in [-0.3, -0.25) is 0 Å². The summed E-state index contributed by atoms with van der Waals surface area (Å²) in [6.45, 7) is 2.66. The molecular weight excluding hydrogens is 266 g/mol. The van der Waals surface area contributed by atoms with Gasteiger partial charge >= 0.3 is 0 Å². The molecule has 2 aliphatic rings. The van der Waals surface area contributed by atoms with E-state index in [1.807, 2.05) is 13.0 Å². The van der Waals surface area contributed by atoms with Gasteiger partial charge in [-0.25, -0.2) is 8.42 Å². The lowest BCUT2D eigenvalue weighted by atomic mass is 9.79. The van der Waals surface area contributed by atoms with Crippen molar-refractivity contribution in [1.29, 1.82) is 0 Å². The van der Waals surface area contributed by atoms with Crippen molar-refractivity contribution in [2.75, 3.05) is 6.54 Å². The molecule has 0 amide bonds. The average Bonchev–Trinajstić information content (AvgIpc) is 2.84. The van der Waals surface area contributed by atoms with Gasteiger partial charge in [-0.2, -0.15) is 4.31 Å². The molecule has 2 fully saturated rings. The normalized spacial score (nSPS) is 26.4. The Bertz CT molecular complexity index is 531. The van der Waals surface area contributed by atoms with Gasteiger partial charge in [0.15, 0.2) is 0 Å². The molecule has 1 aromatic heterocycles. The number of rotatable bonds is 3. The molecule has 3 nitrogen and oxygen atoms in total. The summed E-state index contributed by atoms with van der Waals surface area (Å²) in [6, 6.07) is 3.92. The van der Waals surface area contributed by atoms with Crippen LogP contribution in [0.4, 0.5) is 0 Å². The van der Waals surface area contributed by atoms with Crippen molar-refractivity contribution in [3.63, 3.8) is 0 Å². The summed E-state index contributed by atoms with van der Waals surface area (Å²) in [5, 5.41) is 0. The summed E-state index contributed by atoms with van der Waals surface area (Å²) in [6.07, 6.45) is 5.76. The zero-order chi connectivity index (χ0) is 12.8. The molecule has 1 saturated heterocycles. The molecule has 0 N–H and O–H groups in total. The number of sulfonamides is 1. The molecule has 1 aliphatic heterocycles. The Morgan fingerprint density at radius 2 is 2.00 bits per heavy atom. The predicted molar refractivity (Wildman–Crippen MR) is 73.3 cm³/mol. The first-order valence-corrected chi connectivity index (χ1v) is 8.93. The third-order valence-electron chi connectivity index (χ3n) is 4.22. The van der Waals surface area contributed by atoms with Crippen molar-refractivity contribution in [3.8, 4) is 0 Å². The molecule has 1 aliphatic carbocycles. The number of thiophene rings is 1. The maximum atomic E-state index is 12.6. The zero-order valence-electron chi connectivity index (χ0n) is 10.6. The molecule has 1 saturated carbocycles. The van der Waals surface area contributed by atoms with Gasteiger partial charge in [0.2, 0.25) is 0 Å². The summed E-state index contributed by atoms with van der Waals surface area (Å²) in [5.74, 6) is 0.614. The van der Waals surface area contributed by atoms with Gasteiger partial charge in [0.25, 0.3) is 10.0 Å². The van der Waals surface area contributed by atoms with Gasteiger partial charge in [0, 0.05) is 17.5 Å². The first-order valence-electron chi connectivity index (χ1n) is 6.67. The van der Waals surface area contributed by atoms with Crippen LogP contribution in [-0.2, 0) is 10.0 Å². The summed E-state index contributed by atoms with van der Waals surface area (Å²) >= 11 is 1.39. The zero-order valence-corrected chi connectivity index (χ0v) is 12.3. The van der Waals surface area contributed by atoms with E-state index >= 15 is 0 Å². The summed E-state index contributed by atoms with van der Waals surface area (Å²) < 4.78 is 27.6. The second-order valence-electron chi connectivity index (χ2n) is 5.38. The molecule has 5 heteroatoms. The Balaban J connectivity index is 1.88. The number of hydrogen-bond acceptors (Lipinski definition) is 3. The minimum atomic E-state index is -3.24. The van der Waals surface area contributed by atoms with Crippen molar-refractivity contribution < 1.29 is 8.42 Å². The summed E-state index contributed by atoms with van der Waals surface area (Å²) in [4.78, 5) is 1.06. The first-order chi connectivity index (χ1) is 8.59. The van der Waals surface area contributed by atoms with Crippen molar-refractivity contribution in [1.82, 2.24) is 4.31 Å². The number of aryl methyl sites for hydroxylation is 1. The summed E-state index contributed by atoms with van der Waals surface area (Å²) in [7, 11) is -3.24. The quantitative estimate of drug-likeness (QED) is 0.856. The predicted octanol–water partition coefficient (Wildman–Crippen LogP) is 3.01. The number of hydrogen-bond donors (Lipinski definition) is 0. The molecule has 2 heterocycles. The van der Waals surface area contributed by atoms with Gasteiger partial charge in [-0.05, 0) is 50.7 Å². The highest BCUT2D eigenvalue weighted by molar-refractivity contribution is 7.91. The second kappa shape index (κ2) is 4.62. The highest BCUT2D eigenvalue weighted by Gasteiger charge is 2.41. The molecule has 100 valence electrons. The fourth-order valence-corrected chi connectivity index (χ4v) is 6.19. The van der Waals surface area contributed by atoms with Crippen LogP contribution in [-0.4, -0.2) is 25.3 Å². The van der Waals surface area contributed by atoms with Crippen molar-refractivity contribution >= 4 is 21.4 Å². The van der Waals surface area contributed by atoms with E-state index in [0.29, 0.717) is 16.7 Å². The second-order valence-corrected chi connectivity index (χ2v) is 8.79. The van der Waals surface area contributed by atoms with Gasteiger partial charge in [-0.15, -0.1) is 11.3 Å². The van der Waals surface area contributed by atoms with Crippen LogP contribution < -0.4 is 0 Å². The van der Waals surface area contributed by atoms with Crippen LogP contribution in [0.15, 0.2) is 16.3 Å². The third-order valence-corrected chi connectivity index (χ3v) is 7.61. The van der Waals surface area contributed by atoms with E-state index in [4.69, 9.17) is 0 Å². The Morgan fingerprint density at radius 3 is 2.56 bits per heavy atom. The maximum Gasteiger partial charge on any atom is 0.252 e. The van der Waals surface area contributed by atoms with Gasteiger partial charge in [0.1, 0.15) is 4.21 Å². The molecular formula is C13H19NO2S2. The maximum absolute atomic E-state index is 12.6. The van der Waals surface area contributed by atoms with Crippen LogP contribution in [0, 0.1) is 12.8 Å². The lowest BCUT2D eigenvalue weighted by Gasteiger charge is -2.36. The smallest absolute Gasteiger partial charge is 0.206 e. The number of nitrogens with zero attached hydrogens (tertiary/aromatic N) is 1. The molecule has 18 heavy (non-hydrogen) atoms. The Morgan fingerprint density at radius 1 is 1.22 bits per heavy atom. The standard InChI is InChI=1S/C13H19NO2S2/c1-10-7-8-13(17-10)18(15,16)14-9-3-6-12(14)11-4-2-5-11/h7-8,11-12H,2-6,9H2,1H3. The third kappa shape index (κ3) is 2.02. The van der Waals surface area contributed by atoms with Gasteiger partial charge < -0.3 is 0 Å². The molecule has 0 radical (unpaired) electrons. The molecule has 0 bridgehead atoms. The van der Waals surface area contributed by atoms with E-state index in [-0.39, 0.29) is 6.04 Å². The highest BCUT2D eigenvalue weighted by atomic mass is 32.2. The van der Waals surface area contributed by atoms with E-state index in [2.05, 4.69) is 0 Å². The molecule has 3 rings (SSSR count). The van der Waals surface area contributed by atoms with Gasteiger partial charge in [-0.1, -0.05) is 6.42 Å². The van der Waals surface area contributed by atoms with Crippen molar-refractivity contribution in [2.24, 2.45) is 5.92 Å². The summed E-state index contributed by atoms with van der Waals surface area (Å²) in [5.41, 5.74) is 0. The van der Waals surface area contributed by atoms with E-state index in [1.54, 1.807) is 10.4 Å². The lowest BCUT2D eigenvalue weighted by Crippen LogP contribution is -2.42. The van der Waals surface area contributed by atoms with E-state index in [0.717, 1.165) is 17.7 Å². The average molecular weight is 285 g/mol. The van der Waals surface area contributed by atoms with Crippen LogP contribution in [0.1, 0.15) is 37.0 Å².